The molecule has 27 heavy (non-hydrogen) atoms. The molecule has 4 bridgehead atoms. The van der Waals surface area contributed by atoms with Crippen LogP contribution in [-0.2, 0) is 14.8 Å². The van der Waals surface area contributed by atoms with Crippen molar-refractivity contribution in [1.29, 1.82) is 0 Å². The number of nitrogens with zero attached hydrogens (tertiary/aromatic N) is 1. The number of carbonyl (C=O) groups is 1. The number of benzene rings is 1. The van der Waals surface area contributed by atoms with Gasteiger partial charge in [-0.05, 0) is 87.3 Å². The monoisotopic (exact) mass is 390 g/mol. The predicted octanol–water partition coefficient (Wildman–Crippen LogP) is 3.15. The van der Waals surface area contributed by atoms with Gasteiger partial charge >= 0.3 is 0 Å². The molecule has 148 valence electrons. The van der Waals surface area contributed by atoms with Crippen LogP contribution >= 0.6 is 0 Å². The van der Waals surface area contributed by atoms with Gasteiger partial charge in [-0.15, -0.1) is 0 Å². The van der Waals surface area contributed by atoms with Crippen LogP contribution in [0.3, 0.4) is 0 Å². The number of amides is 1. The summed E-state index contributed by atoms with van der Waals surface area (Å²) in [5.74, 6) is 2.04. The first-order valence-electron chi connectivity index (χ1n) is 10.0. The second-order valence-corrected chi connectivity index (χ2v) is 11.1. The lowest BCUT2D eigenvalue weighted by Crippen LogP contribution is -2.61. The van der Waals surface area contributed by atoms with E-state index in [1.807, 2.05) is 26.0 Å². The average Bonchev–Trinajstić information content (AvgIpc) is 2.53. The Morgan fingerprint density at radius 2 is 1.67 bits per heavy atom. The molecule has 1 aromatic carbocycles. The fourth-order valence-electron chi connectivity index (χ4n) is 6.12. The standard InChI is InChI=1S/C21H30N2O3S/c1-14-5-4-6-19(15(14)2)23(27(3,25)26)13-20(24)22-21-10-16-7-17(11-21)9-18(8-16)12-21/h4-6,16-18H,7-13H2,1-3H3,(H,22,24). The highest BCUT2D eigenvalue weighted by Crippen LogP contribution is 2.55. The minimum atomic E-state index is -3.55. The Labute approximate surface area is 162 Å². The zero-order valence-corrected chi connectivity index (χ0v) is 17.3. The molecule has 4 aliphatic rings. The number of sulfonamides is 1. The number of anilines is 1. The van der Waals surface area contributed by atoms with Crippen molar-refractivity contribution < 1.29 is 13.2 Å². The summed E-state index contributed by atoms with van der Waals surface area (Å²) in [4.78, 5) is 12.9. The third-order valence-corrected chi connectivity index (χ3v) is 8.10. The number of nitrogens with one attached hydrogen (secondary N) is 1. The molecule has 6 heteroatoms. The van der Waals surface area contributed by atoms with E-state index in [2.05, 4.69) is 5.32 Å². The van der Waals surface area contributed by atoms with Crippen molar-refractivity contribution in [2.24, 2.45) is 17.8 Å². The van der Waals surface area contributed by atoms with E-state index >= 15 is 0 Å². The number of aryl methyl sites for hydroxylation is 1. The SMILES string of the molecule is Cc1cccc(N(CC(=O)NC23CC4CC(CC(C4)C2)C3)S(C)(=O)=O)c1C. The van der Waals surface area contributed by atoms with Crippen molar-refractivity contribution in [3.8, 4) is 0 Å². The number of hydrogen-bond donors (Lipinski definition) is 1. The van der Waals surface area contributed by atoms with E-state index in [9.17, 15) is 13.2 Å². The van der Waals surface area contributed by atoms with Gasteiger partial charge in [0.25, 0.3) is 0 Å². The summed E-state index contributed by atoms with van der Waals surface area (Å²) in [7, 11) is -3.55. The van der Waals surface area contributed by atoms with Crippen LogP contribution in [0.1, 0.15) is 49.7 Å². The third kappa shape index (κ3) is 3.60. The summed E-state index contributed by atoms with van der Waals surface area (Å²) < 4.78 is 26.1. The molecule has 4 aliphatic carbocycles. The summed E-state index contributed by atoms with van der Waals surface area (Å²) in [6.45, 7) is 3.71. The Morgan fingerprint density at radius 3 is 2.19 bits per heavy atom. The van der Waals surface area contributed by atoms with E-state index in [1.54, 1.807) is 6.07 Å². The van der Waals surface area contributed by atoms with E-state index in [0.29, 0.717) is 5.69 Å². The Hall–Kier alpha value is -1.56. The van der Waals surface area contributed by atoms with Gasteiger partial charge in [-0.1, -0.05) is 12.1 Å². The van der Waals surface area contributed by atoms with Crippen molar-refractivity contribution in [1.82, 2.24) is 5.32 Å². The molecule has 0 spiro atoms. The van der Waals surface area contributed by atoms with Gasteiger partial charge in [0.15, 0.2) is 0 Å². The number of rotatable bonds is 5. The third-order valence-electron chi connectivity index (χ3n) is 6.98. The second-order valence-electron chi connectivity index (χ2n) is 9.23. The fraction of sp³-hybridized carbons (Fsp3) is 0.667. The number of hydrogen-bond acceptors (Lipinski definition) is 3. The van der Waals surface area contributed by atoms with Gasteiger partial charge in [-0.25, -0.2) is 8.42 Å². The van der Waals surface area contributed by atoms with Crippen LogP contribution in [0.5, 0.6) is 0 Å². The van der Waals surface area contributed by atoms with Crippen molar-refractivity contribution >= 4 is 21.6 Å². The first-order chi connectivity index (χ1) is 12.7. The molecular weight excluding hydrogens is 360 g/mol. The predicted molar refractivity (Wildman–Crippen MR) is 107 cm³/mol. The van der Waals surface area contributed by atoms with Crippen molar-refractivity contribution in [2.75, 3.05) is 17.1 Å². The minimum Gasteiger partial charge on any atom is -0.349 e. The van der Waals surface area contributed by atoms with Crippen LogP contribution in [-0.4, -0.2) is 32.7 Å². The van der Waals surface area contributed by atoms with Gasteiger partial charge in [-0.2, -0.15) is 0 Å². The maximum atomic E-state index is 12.9. The molecule has 0 radical (unpaired) electrons. The zero-order chi connectivity index (χ0) is 19.4. The van der Waals surface area contributed by atoms with Crippen molar-refractivity contribution in [3.05, 3.63) is 29.3 Å². The molecule has 5 nitrogen and oxygen atoms in total. The first kappa shape index (κ1) is 18.8. The Bertz CT molecular complexity index is 827. The quantitative estimate of drug-likeness (QED) is 0.840. The molecule has 0 aromatic heterocycles. The van der Waals surface area contributed by atoms with Crippen LogP contribution in [0.25, 0.3) is 0 Å². The maximum Gasteiger partial charge on any atom is 0.241 e. The largest absolute Gasteiger partial charge is 0.349 e. The van der Waals surface area contributed by atoms with Crippen LogP contribution in [0.15, 0.2) is 18.2 Å². The van der Waals surface area contributed by atoms with E-state index < -0.39 is 10.0 Å². The Kier molecular flexibility index (Phi) is 4.53. The van der Waals surface area contributed by atoms with Crippen molar-refractivity contribution in [3.63, 3.8) is 0 Å². The molecule has 1 N–H and O–H groups in total. The van der Waals surface area contributed by atoms with Crippen LogP contribution < -0.4 is 9.62 Å². The van der Waals surface area contributed by atoms with Crippen LogP contribution in [0, 0.1) is 31.6 Å². The Balaban J connectivity index is 1.54. The normalized spacial score (nSPS) is 31.7. The van der Waals surface area contributed by atoms with Gasteiger partial charge in [0.05, 0.1) is 11.9 Å². The van der Waals surface area contributed by atoms with E-state index in [4.69, 9.17) is 0 Å². The lowest BCUT2D eigenvalue weighted by atomic mass is 9.53. The summed E-state index contributed by atoms with van der Waals surface area (Å²) >= 11 is 0. The molecule has 0 atom stereocenters. The average molecular weight is 391 g/mol. The zero-order valence-electron chi connectivity index (χ0n) is 16.5. The van der Waals surface area contributed by atoms with Gasteiger partial charge in [-0.3, -0.25) is 9.10 Å². The fourth-order valence-corrected chi connectivity index (χ4v) is 7.02. The van der Waals surface area contributed by atoms with Gasteiger partial charge < -0.3 is 5.32 Å². The first-order valence-corrected chi connectivity index (χ1v) is 11.8. The molecular formula is C21H30N2O3S. The lowest BCUT2D eigenvalue weighted by molar-refractivity contribution is -0.125. The minimum absolute atomic E-state index is 0.101. The summed E-state index contributed by atoms with van der Waals surface area (Å²) in [6.07, 6.45) is 8.30. The molecule has 1 aromatic rings. The second kappa shape index (κ2) is 6.50. The van der Waals surface area contributed by atoms with Gasteiger partial charge in [0.1, 0.15) is 6.54 Å². The Morgan fingerprint density at radius 1 is 1.11 bits per heavy atom. The smallest absolute Gasteiger partial charge is 0.241 e. The highest BCUT2D eigenvalue weighted by molar-refractivity contribution is 7.92. The summed E-state index contributed by atoms with van der Waals surface area (Å²) in [5.41, 5.74) is 2.41. The lowest BCUT2D eigenvalue weighted by Gasteiger charge is -2.57. The molecule has 0 aliphatic heterocycles. The van der Waals surface area contributed by atoms with Crippen LogP contribution in [0.2, 0.25) is 0 Å². The van der Waals surface area contributed by atoms with E-state index in [-0.39, 0.29) is 18.0 Å². The summed E-state index contributed by atoms with van der Waals surface area (Å²) in [6, 6.07) is 5.57. The van der Waals surface area contributed by atoms with Crippen molar-refractivity contribution in [2.45, 2.75) is 57.9 Å². The van der Waals surface area contributed by atoms with Gasteiger partial charge in [0, 0.05) is 5.54 Å². The highest BCUT2D eigenvalue weighted by Gasteiger charge is 2.51. The molecule has 0 unspecified atom stereocenters. The molecule has 4 saturated carbocycles. The topological polar surface area (TPSA) is 66.5 Å². The molecule has 1 amide bonds. The molecule has 5 rings (SSSR count). The summed E-state index contributed by atoms with van der Waals surface area (Å²) in [5, 5.41) is 3.29. The molecule has 4 fully saturated rings. The van der Waals surface area contributed by atoms with E-state index in [0.717, 1.165) is 48.1 Å². The van der Waals surface area contributed by atoms with Gasteiger partial charge in [0.2, 0.25) is 15.9 Å². The van der Waals surface area contributed by atoms with E-state index in [1.165, 1.54) is 29.8 Å². The number of carbonyl (C=O) groups excluding carboxylic acids is 1. The maximum absolute atomic E-state index is 12.9. The van der Waals surface area contributed by atoms with Crippen LogP contribution in [0.4, 0.5) is 5.69 Å². The highest BCUT2D eigenvalue weighted by atomic mass is 32.2. The molecule has 0 saturated heterocycles. The molecule has 0 heterocycles.